The first-order valence-corrected chi connectivity index (χ1v) is 13.6. The van der Waals surface area contributed by atoms with Crippen molar-refractivity contribution in [2.45, 2.75) is 6.92 Å². The SMILES string of the molecule is C=CC(=O)N1CCOc2cc(OC)c(Nc3ncc(C)c(Nc4ccccc4P(C)(C)=O)n3)cc21. The Bertz CT molecular complexity index is 1340. The van der Waals surface area contributed by atoms with Crippen molar-refractivity contribution in [1.82, 2.24) is 9.97 Å². The van der Waals surface area contributed by atoms with E-state index in [2.05, 4.69) is 27.2 Å². The van der Waals surface area contributed by atoms with E-state index in [0.29, 0.717) is 47.8 Å². The van der Waals surface area contributed by atoms with Crippen LogP contribution in [-0.4, -0.2) is 49.5 Å². The van der Waals surface area contributed by atoms with Crippen molar-refractivity contribution >= 4 is 47.2 Å². The average Bonchev–Trinajstić information content (AvgIpc) is 2.84. The maximum Gasteiger partial charge on any atom is 0.250 e. The number of nitrogens with one attached hydrogen (secondary N) is 2. The number of ether oxygens (including phenoxy) is 2. The highest BCUT2D eigenvalue weighted by Crippen LogP contribution is 2.41. The predicted molar refractivity (Wildman–Crippen MR) is 140 cm³/mol. The third-order valence-electron chi connectivity index (χ3n) is 5.54. The monoisotopic (exact) mass is 493 g/mol. The molecule has 0 fully saturated rings. The van der Waals surface area contributed by atoms with Gasteiger partial charge in [-0.05, 0) is 44.5 Å². The van der Waals surface area contributed by atoms with Crippen molar-refractivity contribution < 1.29 is 18.8 Å². The normalized spacial score (nSPS) is 12.9. The van der Waals surface area contributed by atoms with Crippen LogP contribution in [0.1, 0.15) is 5.56 Å². The van der Waals surface area contributed by atoms with Gasteiger partial charge in [0.1, 0.15) is 31.1 Å². The number of amides is 1. The third kappa shape index (κ3) is 5.15. The Hall–Kier alpha value is -3.84. The molecular weight excluding hydrogens is 465 g/mol. The number of benzene rings is 2. The summed E-state index contributed by atoms with van der Waals surface area (Å²) in [6, 6.07) is 11.0. The fraction of sp³-hybridized carbons (Fsp3) is 0.240. The molecule has 2 aromatic carbocycles. The second-order valence-electron chi connectivity index (χ2n) is 8.41. The zero-order valence-corrected chi connectivity index (χ0v) is 21.1. The van der Waals surface area contributed by atoms with E-state index >= 15 is 0 Å². The molecule has 1 aliphatic heterocycles. The molecule has 3 aromatic rings. The molecule has 0 bridgehead atoms. The number of para-hydroxylation sites is 1. The predicted octanol–water partition coefficient (Wildman–Crippen LogP) is 4.44. The van der Waals surface area contributed by atoms with Crippen molar-refractivity contribution in [1.29, 1.82) is 0 Å². The summed E-state index contributed by atoms with van der Waals surface area (Å²) in [6.07, 6.45) is 2.97. The lowest BCUT2D eigenvalue weighted by Gasteiger charge is -2.29. The minimum atomic E-state index is -2.50. The Labute approximate surface area is 204 Å². The second-order valence-corrected chi connectivity index (χ2v) is 11.6. The molecule has 4 rings (SSSR count). The number of aryl methyl sites for hydroxylation is 1. The van der Waals surface area contributed by atoms with Gasteiger partial charge >= 0.3 is 0 Å². The largest absolute Gasteiger partial charge is 0.494 e. The lowest BCUT2D eigenvalue weighted by atomic mass is 10.2. The van der Waals surface area contributed by atoms with E-state index in [1.54, 1.807) is 43.7 Å². The van der Waals surface area contributed by atoms with Crippen molar-refractivity contribution in [2.24, 2.45) is 0 Å². The van der Waals surface area contributed by atoms with Crippen LogP contribution in [0.25, 0.3) is 0 Å². The molecule has 0 saturated carbocycles. The summed E-state index contributed by atoms with van der Waals surface area (Å²) in [5.41, 5.74) is 2.72. The summed E-state index contributed by atoms with van der Waals surface area (Å²) in [7, 11) is -0.951. The summed E-state index contributed by atoms with van der Waals surface area (Å²) >= 11 is 0. The number of hydrogen-bond donors (Lipinski definition) is 2. The minimum absolute atomic E-state index is 0.216. The summed E-state index contributed by atoms with van der Waals surface area (Å²) in [5, 5.41) is 7.24. The third-order valence-corrected chi connectivity index (χ3v) is 7.09. The number of methoxy groups -OCH3 is 1. The number of nitrogens with zero attached hydrogens (tertiary/aromatic N) is 3. The lowest BCUT2D eigenvalue weighted by molar-refractivity contribution is -0.114. The molecule has 0 unspecified atom stereocenters. The summed E-state index contributed by atoms with van der Waals surface area (Å²) < 4.78 is 24.0. The molecule has 9 nitrogen and oxygen atoms in total. The number of fused-ring (bicyclic) bond motifs is 1. The molecule has 0 aliphatic carbocycles. The minimum Gasteiger partial charge on any atom is -0.494 e. The zero-order valence-electron chi connectivity index (χ0n) is 20.2. The fourth-order valence-corrected chi connectivity index (χ4v) is 4.93. The highest BCUT2D eigenvalue weighted by Gasteiger charge is 2.25. The Morgan fingerprint density at radius 2 is 2.00 bits per heavy atom. The topological polar surface area (TPSA) is 106 Å². The molecule has 2 N–H and O–H groups in total. The first-order chi connectivity index (χ1) is 16.7. The maximum atomic E-state index is 12.8. The van der Waals surface area contributed by atoms with Crippen LogP contribution in [-0.2, 0) is 9.36 Å². The molecule has 2 heterocycles. The van der Waals surface area contributed by atoms with Crippen molar-refractivity contribution in [3.8, 4) is 11.5 Å². The van der Waals surface area contributed by atoms with E-state index in [9.17, 15) is 9.36 Å². The first kappa shape index (κ1) is 24.3. The van der Waals surface area contributed by atoms with E-state index in [1.165, 1.54) is 6.08 Å². The zero-order chi connectivity index (χ0) is 25.2. The smallest absolute Gasteiger partial charge is 0.250 e. The van der Waals surface area contributed by atoms with Crippen LogP contribution < -0.4 is 30.3 Å². The number of hydrogen-bond acceptors (Lipinski definition) is 8. The van der Waals surface area contributed by atoms with E-state index in [-0.39, 0.29) is 5.91 Å². The van der Waals surface area contributed by atoms with Gasteiger partial charge < -0.3 is 29.6 Å². The number of anilines is 5. The Morgan fingerprint density at radius 3 is 2.71 bits per heavy atom. The van der Waals surface area contributed by atoms with Gasteiger partial charge in [0, 0.05) is 23.1 Å². The summed E-state index contributed by atoms with van der Waals surface area (Å²) in [6.45, 7) is 9.74. The van der Waals surface area contributed by atoms with Crippen molar-refractivity contribution in [2.75, 3.05) is 49.1 Å². The van der Waals surface area contributed by atoms with Gasteiger partial charge in [0.2, 0.25) is 5.95 Å². The van der Waals surface area contributed by atoms with Crippen molar-refractivity contribution in [3.05, 3.63) is 60.8 Å². The van der Waals surface area contributed by atoms with Gasteiger partial charge in [-0.2, -0.15) is 4.98 Å². The van der Waals surface area contributed by atoms with Gasteiger partial charge in [0.15, 0.2) is 0 Å². The molecular formula is C25H28N5O4P. The standard InChI is InChI=1S/C25H28N5O4P/c1-6-23(31)30-11-12-34-21-14-20(33-3)18(13-19(21)30)28-25-26-15-16(2)24(29-25)27-17-9-7-8-10-22(17)35(4,5)32/h6-10,13-15H,1,11-12H2,2-5H3,(H2,26,27,28,29). The number of carbonyl (C=O) groups excluding carboxylic acids is 1. The Kier molecular flexibility index (Phi) is 6.80. The highest BCUT2D eigenvalue weighted by molar-refractivity contribution is 7.70. The van der Waals surface area contributed by atoms with Gasteiger partial charge in [0.05, 0.1) is 30.7 Å². The highest BCUT2D eigenvalue weighted by atomic mass is 31.2. The van der Waals surface area contributed by atoms with Crippen molar-refractivity contribution in [3.63, 3.8) is 0 Å². The molecule has 0 radical (unpaired) electrons. The van der Waals surface area contributed by atoms with Gasteiger partial charge in [-0.1, -0.05) is 18.7 Å². The molecule has 0 saturated heterocycles. The average molecular weight is 494 g/mol. The first-order valence-electron chi connectivity index (χ1n) is 11.0. The summed E-state index contributed by atoms with van der Waals surface area (Å²) in [5.74, 6) is 1.74. The van der Waals surface area contributed by atoms with Gasteiger partial charge in [-0.25, -0.2) is 4.98 Å². The molecule has 10 heteroatoms. The van der Waals surface area contributed by atoms with Crippen LogP contribution in [0, 0.1) is 6.92 Å². The molecule has 1 amide bonds. The van der Waals surface area contributed by atoms with E-state index in [0.717, 1.165) is 16.6 Å². The van der Waals surface area contributed by atoms with Crippen LogP contribution >= 0.6 is 7.14 Å². The van der Waals surface area contributed by atoms with Gasteiger partial charge in [-0.15, -0.1) is 0 Å². The Morgan fingerprint density at radius 1 is 1.23 bits per heavy atom. The van der Waals surface area contributed by atoms with Crippen LogP contribution in [0.4, 0.5) is 28.8 Å². The summed E-state index contributed by atoms with van der Waals surface area (Å²) in [4.78, 5) is 23.0. The van der Waals surface area contributed by atoms with E-state index in [1.807, 2.05) is 31.2 Å². The quantitative estimate of drug-likeness (QED) is 0.368. The van der Waals surface area contributed by atoms with Crippen LogP contribution in [0.15, 0.2) is 55.3 Å². The molecule has 1 aromatic heterocycles. The Balaban J connectivity index is 1.68. The van der Waals surface area contributed by atoms with Gasteiger partial charge in [0.25, 0.3) is 5.91 Å². The maximum absolute atomic E-state index is 12.8. The molecule has 35 heavy (non-hydrogen) atoms. The molecule has 0 spiro atoms. The van der Waals surface area contributed by atoms with Crippen LogP contribution in [0.2, 0.25) is 0 Å². The number of carbonyl (C=O) groups is 1. The second kappa shape index (κ2) is 9.80. The molecule has 182 valence electrons. The number of rotatable bonds is 7. The van der Waals surface area contributed by atoms with E-state index in [4.69, 9.17) is 9.47 Å². The van der Waals surface area contributed by atoms with Crippen LogP contribution in [0.5, 0.6) is 11.5 Å². The lowest BCUT2D eigenvalue weighted by Crippen LogP contribution is -2.36. The van der Waals surface area contributed by atoms with E-state index < -0.39 is 7.14 Å². The fourth-order valence-electron chi connectivity index (χ4n) is 3.78. The van der Waals surface area contributed by atoms with Crippen LogP contribution in [0.3, 0.4) is 0 Å². The van der Waals surface area contributed by atoms with Gasteiger partial charge in [-0.3, -0.25) is 4.79 Å². The molecule has 0 atom stereocenters. The number of aromatic nitrogens is 2. The molecule has 1 aliphatic rings.